The average Bonchev–Trinajstić information content (AvgIpc) is 2.33. The van der Waals surface area contributed by atoms with E-state index in [0.717, 1.165) is 0 Å². The second-order valence-electron chi connectivity index (χ2n) is 3.62. The normalized spacial score (nSPS) is 13.1. The quantitative estimate of drug-likeness (QED) is 0.303. The van der Waals surface area contributed by atoms with Crippen LogP contribution in [0.4, 0.5) is 0 Å². The Morgan fingerprint density at radius 3 is 1.28 bits per heavy atom. The number of carboxylic acid groups (broad SMARTS) is 2. The number of aliphatic hydroxyl groups is 2. The van der Waals surface area contributed by atoms with Crippen molar-refractivity contribution in [2.45, 2.75) is 37.8 Å². The van der Waals surface area contributed by atoms with Crippen LogP contribution in [0.2, 0.25) is 0 Å². The van der Waals surface area contributed by atoms with Crippen LogP contribution in [0.15, 0.2) is 0 Å². The molecule has 2 atom stereocenters. The molecule has 0 saturated carbocycles. The van der Waals surface area contributed by atoms with Crippen molar-refractivity contribution in [3.8, 4) is 0 Å². The lowest BCUT2D eigenvalue weighted by molar-refractivity contribution is -0.139. The number of carbonyl (C=O) groups is 2. The van der Waals surface area contributed by atoms with Crippen LogP contribution in [0, 0.1) is 0 Å². The van der Waals surface area contributed by atoms with Gasteiger partial charge in [-0.25, -0.2) is 0 Å². The lowest BCUT2D eigenvalue weighted by atomic mass is 10.2. The highest BCUT2D eigenvalue weighted by atomic mass is 16.4. The third-order valence-electron chi connectivity index (χ3n) is 1.98. The largest absolute Gasteiger partial charge is 0.480 e. The molecule has 0 aromatic rings. The van der Waals surface area contributed by atoms with Gasteiger partial charge < -0.3 is 31.9 Å². The minimum atomic E-state index is -1.01. The van der Waals surface area contributed by atoms with Crippen LogP contribution in [-0.2, 0) is 9.59 Å². The van der Waals surface area contributed by atoms with Crippen LogP contribution in [0.25, 0.3) is 0 Å². The molecule has 0 unspecified atom stereocenters. The first kappa shape index (κ1) is 19.1. The van der Waals surface area contributed by atoms with Crippen molar-refractivity contribution in [2.75, 3.05) is 13.2 Å². The van der Waals surface area contributed by atoms with E-state index in [9.17, 15) is 9.59 Å². The van der Waals surface area contributed by atoms with Gasteiger partial charge in [-0.1, -0.05) is 0 Å². The van der Waals surface area contributed by atoms with E-state index in [0.29, 0.717) is 25.7 Å². The van der Waals surface area contributed by atoms with Gasteiger partial charge >= 0.3 is 11.9 Å². The van der Waals surface area contributed by atoms with E-state index in [2.05, 4.69) is 0 Å². The lowest BCUT2D eigenvalue weighted by Crippen LogP contribution is -2.29. The summed E-state index contributed by atoms with van der Waals surface area (Å²) in [7, 11) is 0. The summed E-state index contributed by atoms with van der Waals surface area (Å²) in [6, 6.07) is -1.64. The van der Waals surface area contributed by atoms with E-state index in [1.165, 1.54) is 0 Å². The fourth-order valence-electron chi connectivity index (χ4n) is 0.869. The van der Waals surface area contributed by atoms with Gasteiger partial charge in [0, 0.05) is 13.2 Å². The van der Waals surface area contributed by atoms with Crippen molar-refractivity contribution in [3.05, 3.63) is 0 Å². The number of carboxylic acids is 2. The molecule has 0 spiro atoms. The lowest BCUT2D eigenvalue weighted by Gasteiger charge is -2.02. The number of hydrogen-bond acceptors (Lipinski definition) is 6. The van der Waals surface area contributed by atoms with E-state index in [1.807, 2.05) is 0 Å². The Labute approximate surface area is 105 Å². The van der Waals surface area contributed by atoms with Gasteiger partial charge in [-0.15, -0.1) is 0 Å². The molecule has 8 nitrogen and oxygen atoms in total. The Morgan fingerprint density at radius 1 is 0.833 bits per heavy atom. The molecular weight excluding hydrogens is 244 g/mol. The molecule has 0 aromatic carbocycles. The minimum Gasteiger partial charge on any atom is -0.480 e. The zero-order valence-corrected chi connectivity index (χ0v) is 10.2. The minimum absolute atomic E-state index is 0.000972. The van der Waals surface area contributed by atoms with E-state index >= 15 is 0 Å². The van der Waals surface area contributed by atoms with E-state index in [4.69, 9.17) is 31.9 Å². The van der Waals surface area contributed by atoms with Gasteiger partial charge in [-0.2, -0.15) is 0 Å². The summed E-state index contributed by atoms with van der Waals surface area (Å²) in [6.45, 7) is 0.00194. The number of rotatable bonds is 8. The summed E-state index contributed by atoms with van der Waals surface area (Å²) >= 11 is 0. The maximum absolute atomic E-state index is 10.00. The summed E-state index contributed by atoms with van der Waals surface area (Å²) in [5.41, 5.74) is 10.2. The van der Waals surface area contributed by atoms with E-state index < -0.39 is 24.0 Å². The fourth-order valence-corrected chi connectivity index (χ4v) is 0.869. The van der Waals surface area contributed by atoms with Crippen molar-refractivity contribution in [1.29, 1.82) is 0 Å². The van der Waals surface area contributed by atoms with Gasteiger partial charge in [0.25, 0.3) is 0 Å². The smallest absolute Gasteiger partial charge is 0.320 e. The summed E-state index contributed by atoms with van der Waals surface area (Å²) in [6.07, 6.45) is 1.58. The Kier molecular flexibility index (Phi) is 13.0. The number of nitrogens with two attached hydrogens (primary N) is 2. The molecule has 0 fully saturated rings. The molecule has 0 radical (unpaired) electrons. The molecule has 0 aliphatic heterocycles. The van der Waals surface area contributed by atoms with Crippen molar-refractivity contribution in [1.82, 2.24) is 0 Å². The zero-order valence-electron chi connectivity index (χ0n) is 10.2. The first-order chi connectivity index (χ1) is 8.36. The molecule has 18 heavy (non-hydrogen) atoms. The molecule has 0 aromatic heterocycles. The molecular formula is C10H22N2O6. The summed E-state index contributed by atoms with van der Waals surface area (Å²) in [4.78, 5) is 20.0. The standard InChI is InChI=1S/2C5H11NO3/c2*6-4(5(8)9)2-1-3-7/h2*4,7H,1-3,6H2,(H,8,9)/t2*4-/m10/s1. The predicted octanol–water partition coefficient (Wildman–Crippen LogP) is -1.66. The molecule has 8 N–H and O–H groups in total. The molecule has 0 bridgehead atoms. The fraction of sp³-hybridized carbons (Fsp3) is 0.800. The maximum atomic E-state index is 10.00. The number of aliphatic hydroxyl groups excluding tert-OH is 2. The number of aliphatic carboxylic acids is 2. The highest BCUT2D eigenvalue weighted by molar-refractivity contribution is 5.73. The molecule has 0 rings (SSSR count). The van der Waals surface area contributed by atoms with Gasteiger partial charge in [0.05, 0.1) is 0 Å². The molecule has 0 saturated heterocycles. The van der Waals surface area contributed by atoms with Crippen LogP contribution < -0.4 is 11.5 Å². The molecule has 0 amide bonds. The maximum Gasteiger partial charge on any atom is 0.320 e. The van der Waals surface area contributed by atoms with Crippen LogP contribution in [-0.4, -0.2) is 57.7 Å². The summed E-state index contributed by atoms with van der Waals surface area (Å²) in [5, 5.41) is 32.9. The molecule has 0 aliphatic carbocycles. The first-order valence-corrected chi connectivity index (χ1v) is 5.55. The number of hydrogen-bond donors (Lipinski definition) is 6. The van der Waals surface area contributed by atoms with Crippen LogP contribution >= 0.6 is 0 Å². The van der Waals surface area contributed by atoms with Gasteiger partial charge in [-0.05, 0) is 25.7 Å². The van der Waals surface area contributed by atoms with Crippen LogP contribution in [0.1, 0.15) is 25.7 Å². The topological polar surface area (TPSA) is 167 Å². The molecule has 8 heteroatoms. The molecule has 0 heterocycles. The van der Waals surface area contributed by atoms with Gasteiger partial charge in [0.2, 0.25) is 0 Å². The van der Waals surface area contributed by atoms with Gasteiger partial charge in [-0.3, -0.25) is 9.59 Å². The highest BCUT2D eigenvalue weighted by Gasteiger charge is 2.09. The van der Waals surface area contributed by atoms with E-state index in [1.54, 1.807) is 0 Å². The zero-order chi connectivity index (χ0) is 14.6. The average molecular weight is 266 g/mol. The van der Waals surface area contributed by atoms with Crippen LogP contribution in [0.5, 0.6) is 0 Å². The van der Waals surface area contributed by atoms with Crippen molar-refractivity contribution in [3.63, 3.8) is 0 Å². The highest BCUT2D eigenvalue weighted by Crippen LogP contribution is 1.92. The first-order valence-electron chi connectivity index (χ1n) is 5.55. The van der Waals surface area contributed by atoms with Crippen molar-refractivity contribution in [2.24, 2.45) is 11.5 Å². The van der Waals surface area contributed by atoms with E-state index in [-0.39, 0.29) is 13.2 Å². The van der Waals surface area contributed by atoms with Crippen molar-refractivity contribution < 1.29 is 30.0 Å². The predicted molar refractivity (Wildman–Crippen MR) is 63.9 cm³/mol. The van der Waals surface area contributed by atoms with Crippen LogP contribution in [0.3, 0.4) is 0 Å². The van der Waals surface area contributed by atoms with Gasteiger partial charge in [0.15, 0.2) is 0 Å². The second kappa shape index (κ2) is 12.2. The summed E-state index contributed by atoms with van der Waals surface area (Å²) < 4.78 is 0. The summed E-state index contributed by atoms with van der Waals surface area (Å²) in [5.74, 6) is -2.02. The SMILES string of the molecule is N[C@@H](CCCO)C(=O)O.N[C@H](CCCO)C(=O)O. The molecule has 0 aliphatic rings. The van der Waals surface area contributed by atoms with Crippen molar-refractivity contribution >= 4 is 11.9 Å². The third kappa shape index (κ3) is 12.8. The third-order valence-corrected chi connectivity index (χ3v) is 1.98. The molecule has 108 valence electrons. The van der Waals surface area contributed by atoms with Gasteiger partial charge in [0.1, 0.15) is 12.1 Å². The Bertz CT molecular complexity index is 212. The Balaban J connectivity index is 0. The monoisotopic (exact) mass is 266 g/mol. The Morgan fingerprint density at radius 2 is 1.11 bits per heavy atom. The second-order valence-corrected chi connectivity index (χ2v) is 3.62. The Hall–Kier alpha value is -1.22.